The van der Waals surface area contributed by atoms with Crippen molar-refractivity contribution in [2.45, 2.75) is 12.3 Å². The number of nitrogens with zero attached hydrogens (tertiary/aromatic N) is 4. The smallest absolute Gasteiger partial charge is 0.166 e. The Morgan fingerprint density at radius 3 is 2.95 bits per heavy atom. The predicted molar refractivity (Wildman–Crippen MR) is 74.5 cm³/mol. The highest BCUT2D eigenvalue weighted by molar-refractivity contribution is 5.63. The highest BCUT2D eigenvalue weighted by atomic mass is 15.1. The number of pyridine rings is 1. The lowest BCUT2D eigenvalue weighted by Gasteiger charge is -2.14. The van der Waals surface area contributed by atoms with Crippen molar-refractivity contribution in [1.82, 2.24) is 14.7 Å². The van der Waals surface area contributed by atoms with E-state index in [2.05, 4.69) is 31.9 Å². The lowest BCUT2D eigenvalue weighted by atomic mass is 10.1. The van der Waals surface area contributed by atoms with Gasteiger partial charge in [0.25, 0.3) is 0 Å². The molecule has 0 amide bonds. The summed E-state index contributed by atoms with van der Waals surface area (Å²) in [7, 11) is 4.03. The number of imidazole rings is 1. The molecule has 1 fully saturated rings. The van der Waals surface area contributed by atoms with E-state index in [1.54, 1.807) is 0 Å². The molecule has 0 radical (unpaired) electrons. The van der Waals surface area contributed by atoms with Gasteiger partial charge in [0.2, 0.25) is 0 Å². The number of nitriles is 1. The minimum absolute atomic E-state index is 0.395. The summed E-state index contributed by atoms with van der Waals surface area (Å²) in [5.74, 6) is 1.40. The van der Waals surface area contributed by atoms with Crippen LogP contribution in [0.15, 0.2) is 18.3 Å². The molecule has 98 valence electrons. The molecule has 1 N–H and O–H groups in total. The topological polar surface area (TPSA) is 56.4 Å². The van der Waals surface area contributed by atoms with Gasteiger partial charge in [0.15, 0.2) is 5.69 Å². The number of aromatic nitrogens is 2. The van der Waals surface area contributed by atoms with E-state index >= 15 is 0 Å². The normalized spacial score (nSPS) is 18.7. The van der Waals surface area contributed by atoms with Gasteiger partial charge in [-0.2, -0.15) is 5.26 Å². The van der Waals surface area contributed by atoms with Crippen molar-refractivity contribution in [3.05, 3.63) is 29.8 Å². The largest absolute Gasteiger partial charge is 0.376 e. The van der Waals surface area contributed by atoms with Crippen molar-refractivity contribution in [1.29, 1.82) is 5.26 Å². The van der Waals surface area contributed by atoms with Gasteiger partial charge in [0.1, 0.15) is 11.9 Å². The first-order chi connectivity index (χ1) is 9.20. The lowest BCUT2D eigenvalue weighted by molar-refractivity contribution is 0.698. The molecule has 0 aliphatic carbocycles. The molecule has 0 aromatic carbocycles. The maximum atomic E-state index is 9.22. The number of fused-ring (bicyclic) bond motifs is 1. The molecule has 3 heterocycles. The summed E-state index contributed by atoms with van der Waals surface area (Å²) in [6.45, 7) is 1.96. The van der Waals surface area contributed by atoms with Crippen LogP contribution < -0.4 is 10.2 Å². The van der Waals surface area contributed by atoms with Crippen LogP contribution in [0, 0.1) is 11.3 Å². The summed E-state index contributed by atoms with van der Waals surface area (Å²) in [5.41, 5.74) is 2.53. The third-order valence-corrected chi connectivity index (χ3v) is 3.70. The standard InChI is InChI=1S/C14H17N5/c1-18(2)11-3-4-13-12(7-15)17-14(19(13)9-11)10-5-6-16-8-10/h3-4,9-10,16H,5-6,8H2,1-2H3. The van der Waals surface area contributed by atoms with E-state index < -0.39 is 0 Å². The molecule has 1 aliphatic heterocycles. The Bertz CT molecular complexity index is 644. The van der Waals surface area contributed by atoms with Gasteiger partial charge >= 0.3 is 0 Å². The fourth-order valence-corrected chi connectivity index (χ4v) is 2.61. The van der Waals surface area contributed by atoms with Crippen molar-refractivity contribution in [2.24, 2.45) is 0 Å². The Hall–Kier alpha value is -2.06. The first-order valence-electron chi connectivity index (χ1n) is 6.51. The zero-order valence-electron chi connectivity index (χ0n) is 11.2. The first-order valence-corrected chi connectivity index (χ1v) is 6.51. The molecule has 1 unspecified atom stereocenters. The molecular weight excluding hydrogens is 238 g/mol. The molecule has 1 aliphatic rings. The molecular formula is C14H17N5. The van der Waals surface area contributed by atoms with Crippen LogP contribution in [0.5, 0.6) is 0 Å². The van der Waals surface area contributed by atoms with Crippen molar-refractivity contribution in [3.8, 4) is 6.07 Å². The van der Waals surface area contributed by atoms with Crippen molar-refractivity contribution < 1.29 is 0 Å². The number of anilines is 1. The SMILES string of the molecule is CN(C)c1ccc2c(C#N)nc(C3CCNC3)n2c1. The molecule has 5 nitrogen and oxygen atoms in total. The minimum Gasteiger partial charge on any atom is -0.376 e. The summed E-state index contributed by atoms with van der Waals surface area (Å²) in [6.07, 6.45) is 3.15. The van der Waals surface area contributed by atoms with Gasteiger partial charge < -0.3 is 10.2 Å². The Labute approximate surface area is 112 Å². The van der Waals surface area contributed by atoms with E-state index in [1.165, 1.54) is 0 Å². The molecule has 0 bridgehead atoms. The molecule has 5 heteroatoms. The second kappa shape index (κ2) is 4.56. The fraction of sp³-hybridized carbons (Fsp3) is 0.429. The Balaban J connectivity index is 2.19. The van der Waals surface area contributed by atoms with Gasteiger partial charge in [-0.05, 0) is 25.1 Å². The van der Waals surface area contributed by atoms with Crippen LogP contribution in [0.2, 0.25) is 0 Å². The summed E-state index contributed by atoms with van der Waals surface area (Å²) in [4.78, 5) is 6.59. The van der Waals surface area contributed by atoms with Crippen molar-refractivity contribution >= 4 is 11.2 Å². The van der Waals surface area contributed by atoms with Crippen LogP contribution in [0.3, 0.4) is 0 Å². The first kappa shape index (κ1) is 12.0. The maximum absolute atomic E-state index is 9.22. The van der Waals surface area contributed by atoms with Gasteiger partial charge in [0, 0.05) is 32.8 Å². The van der Waals surface area contributed by atoms with E-state index in [0.29, 0.717) is 11.6 Å². The zero-order chi connectivity index (χ0) is 13.4. The molecule has 0 spiro atoms. The van der Waals surface area contributed by atoms with E-state index in [-0.39, 0.29) is 0 Å². The highest BCUT2D eigenvalue weighted by Crippen LogP contribution is 2.26. The number of hydrogen-bond donors (Lipinski definition) is 1. The van der Waals surface area contributed by atoms with Crippen molar-refractivity contribution in [3.63, 3.8) is 0 Å². The van der Waals surface area contributed by atoms with E-state index in [9.17, 15) is 5.26 Å². The predicted octanol–water partition coefficient (Wildman–Crippen LogP) is 1.35. The number of nitrogens with one attached hydrogen (secondary N) is 1. The van der Waals surface area contributed by atoms with Crippen LogP contribution >= 0.6 is 0 Å². The summed E-state index contributed by atoms with van der Waals surface area (Å²) >= 11 is 0. The average molecular weight is 255 g/mol. The second-order valence-electron chi connectivity index (χ2n) is 5.16. The van der Waals surface area contributed by atoms with Gasteiger partial charge in [0.05, 0.1) is 11.2 Å². The zero-order valence-corrected chi connectivity index (χ0v) is 11.2. The molecule has 19 heavy (non-hydrogen) atoms. The molecule has 2 aromatic heterocycles. The third kappa shape index (κ3) is 1.94. The Kier molecular flexibility index (Phi) is 2.88. The fourth-order valence-electron chi connectivity index (χ4n) is 2.61. The summed E-state index contributed by atoms with van der Waals surface area (Å²) < 4.78 is 2.07. The van der Waals surface area contributed by atoms with Crippen LogP contribution in [-0.2, 0) is 0 Å². The van der Waals surface area contributed by atoms with E-state index in [1.807, 2.05) is 26.2 Å². The van der Waals surface area contributed by atoms with Gasteiger partial charge in [-0.1, -0.05) is 0 Å². The quantitative estimate of drug-likeness (QED) is 0.880. The van der Waals surface area contributed by atoms with Crippen LogP contribution in [0.4, 0.5) is 5.69 Å². The van der Waals surface area contributed by atoms with Crippen molar-refractivity contribution in [2.75, 3.05) is 32.1 Å². The lowest BCUT2D eigenvalue weighted by Crippen LogP contribution is -2.12. The maximum Gasteiger partial charge on any atom is 0.166 e. The van der Waals surface area contributed by atoms with Gasteiger partial charge in [-0.25, -0.2) is 4.98 Å². The number of rotatable bonds is 2. The average Bonchev–Trinajstić information content (AvgIpc) is 3.04. The molecule has 2 aromatic rings. The van der Waals surface area contributed by atoms with Crippen LogP contribution in [0.1, 0.15) is 23.9 Å². The Morgan fingerprint density at radius 2 is 2.32 bits per heavy atom. The van der Waals surface area contributed by atoms with E-state index in [0.717, 1.165) is 36.5 Å². The summed E-state index contributed by atoms with van der Waals surface area (Å²) in [5, 5.41) is 12.6. The second-order valence-corrected chi connectivity index (χ2v) is 5.16. The molecule has 0 saturated carbocycles. The monoisotopic (exact) mass is 255 g/mol. The summed E-state index contributed by atoms with van der Waals surface area (Å²) in [6, 6.07) is 6.20. The highest BCUT2D eigenvalue weighted by Gasteiger charge is 2.23. The van der Waals surface area contributed by atoms with E-state index in [4.69, 9.17) is 0 Å². The minimum atomic E-state index is 0.395. The van der Waals surface area contributed by atoms with Crippen LogP contribution in [-0.4, -0.2) is 36.6 Å². The molecule has 1 saturated heterocycles. The molecule has 3 rings (SSSR count). The molecule has 1 atom stereocenters. The third-order valence-electron chi connectivity index (χ3n) is 3.70. The van der Waals surface area contributed by atoms with Crippen LogP contribution in [0.25, 0.3) is 5.52 Å². The Morgan fingerprint density at radius 1 is 1.47 bits per heavy atom. The van der Waals surface area contributed by atoms with Gasteiger partial charge in [-0.15, -0.1) is 0 Å². The number of hydrogen-bond acceptors (Lipinski definition) is 4. The van der Waals surface area contributed by atoms with Gasteiger partial charge in [-0.3, -0.25) is 4.40 Å².